The van der Waals surface area contributed by atoms with Crippen LogP contribution in [-0.2, 0) is 24.3 Å². The summed E-state index contributed by atoms with van der Waals surface area (Å²) in [5, 5.41) is 2.97. The third kappa shape index (κ3) is 5.64. The summed E-state index contributed by atoms with van der Waals surface area (Å²) in [6.07, 6.45) is 3.15. The monoisotopic (exact) mass is 452 g/mol. The molecule has 8 nitrogen and oxygen atoms in total. The maximum Gasteiger partial charge on any atom is 0.338 e. The van der Waals surface area contributed by atoms with Crippen molar-refractivity contribution in [3.05, 3.63) is 29.3 Å². The second-order valence-electron chi connectivity index (χ2n) is 8.51. The van der Waals surface area contributed by atoms with Gasteiger partial charge in [0.1, 0.15) is 0 Å². The molecule has 1 saturated carbocycles. The molecule has 9 heteroatoms. The largest absolute Gasteiger partial charge is 0.452 e. The maximum atomic E-state index is 12.9. The Bertz CT molecular complexity index is 911. The Labute approximate surface area is 184 Å². The molecular formula is C22H32N2O6S. The molecule has 3 atom stereocenters. The molecule has 0 spiro atoms. The van der Waals surface area contributed by atoms with Gasteiger partial charge < -0.3 is 14.8 Å². The summed E-state index contributed by atoms with van der Waals surface area (Å²) < 4.78 is 37.5. The Kier molecular flexibility index (Phi) is 7.72. The Morgan fingerprint density at radius 2 is 1.90 bits per heavy atom. The number of morpholine rings is 1. The minimum absolute atomic E-state index is 0.0291. The molecule has 2 fully saturated rings. The summed E-state index contributed by atoms with van der Waals surface area (Å²) >= 11 is 0. The van der Waals surface area contributed by atoms with Crippen LogP contribution in [0.4, 0.5) is 0 Å². The molecule has 0 bridgehead atoms. The average Bonchev–Trinajstić information content (AvgIpc) is 2.76. The van der Waals surface area contributed by atoms with E-state index in [1.807, 2.05) is 0 Å². The highest BCUT2D eigenvalue weighted by molar-refractivity contribution is 7.89. The number of carbonyl (C=O) groups excluding carboxylic acids is 2. The molecule has 2 aliphatic rings. The van der Waals surface area contributed by atoms with Gasteiger partial charge >= 0.3 is 5.97 Å². The van der Waals surface area contributed by atoms with Crippen LogP contribution in [0.5, 0.6) is 0 Å². The fourth-order valence-electron chi connectivity index (χ4n) is 4.16. The first-order chi connectivity index (χ1) is 14.7. The minimum Gasteiger partial charge on any atom is -0.452 e. The van der Waals surface area contributed by atoms with Gasteiger partial charge in [-0.1, -0.05) is 32.8 Å². The number of aryl methyl sites for hydroxylation is 1. The van der Waals surface area contributed by atoms with E-state index in [0.29, 0.717) is 30.6 Å². The minimum atomic E-state index is -3.73. The van der Waals surface area contributed by atoms with Crippen LogP contribution in [0, 0.1) is 18.8 Å². The van der Waals surface area contributed by atoms with Gasteiger partial charge in [0, 0.05) is 19.1 Å². The Morgan fingerprint density at radius 3 is 2.61 bits per heavy atom. The molecule has 3 rings (SSSR count). The molecule has 1 aliphatic heterocycles. The number of carbonyl (C=O) groups is 2. The van der Waals surface area contributed by atoms with Gasteiger partial charge in [0.25, 0.3) is 5.91 Å². The zero-order valence-corrected chi connectivity index (χ0v) is 19.2. The number of nitrogens with zero attached hydrogens (tertiary/aromatic N) is 1. The van der Waals surface area contributed by atoms with Crippen LogP contribution < -0.4 is 5.32 Å². The molecule has 1 aromatic rings. The van der Waals surface area contributed by atoms with Gasteiger partial charge in [-0.15, -0.1) is 0 Å². The van der Waals surface area contributed by atoms with Gasteiger partial charge in [-0.25, -0.2) is 13.2 Å². The number of sulfonamides is 1. The Morgan fingerprint density at radius 1 is 1.19 bits per heavy atom. The second-order valence-corrected chi connectivity index (χ2v) is 10.4. The van der Waals surface area contributed by atoms with Crippen LogP contribution >= 0.6 is 0 Å². The second kappa shape index (κ2) is 10.1. The lowest BCUT2D eigenvalue weighted by Gasteiger charge is -2.34. The summed E-state index contributed by atoms with van der Waals surface area (Å²) in [4.78, 5) is 24.9. The van der Waals surface area contributed by atoms with Crippen molar-refractivity contribution in [3.63, 3.8) is 0 Å². The molecule has 1 amide bonds. The fourth-order valence-corrected chi connectivity index (χ4v) is 5.60. The van der Waals surface area contributed by atoms with Crippen LogP contribution in [0.3, 0.4) is 0 Å². The maximum absolute atomic E-state index is 12.9. The van der Waals surface area contributed by atoms with Gasteiger partial charge in [-0.05, 0) is 42.9 Å². The first-order valence-corrected chi connectivity index (χ1v) is 12.3. The molecule has 1 aromatic carbocycles. The normalized spacial score (nSPS) is 25.1. The highest BCUT2D eigenvalue weighted by Crippen LogP contribution is 2.29. The molecule has 0 unspecified atom stereocenters. The fraction of sp³-hybridized carbons (Fsp3) is 0.636. The van der Waals surface area contributed by atoms with Crippen molar-refractivity contribution in [2.24, 2.45) is 11.8 Å². The van der Waals surface area contributed by atoms with Crippen molar-refractivity contribution in [2.45, 2.75) is 51.0 Å². The number of benzene rings is 1. The number of nitrogens with one attached hydrogen (secondary N) is 1. The smallest absolute Gasteiger partial charge is 0.338 e. The molecule has 1 N–H and O–H groups in total. The van der Waals surface area contributed by atoms with E-state index in [-0.39, 0.29) is 35.5 Å². The summed E-state index contributed by atoms with van der Waals surface area (Å²) in [5.41, 5.74) is 0.725. The zero-order chi connectivity index (χ0) is 22.6. The predicted molar refractivity (Wildman–Crippen MR) is 115 cm³/mol. The van der Waals surface area contributed by atoms with Gasteiger partial charge in [0.05, 0.1) is 23.7 Å². The standard InChI is InChI=1S/C22H32N2O6S/c1-15-5-4-6-20(17(15)3)23-21(25)14-30-22(26)19-13-18(8-7-16(19)2)31(27,28)24-9-11-29-12-10-24/h7-8,13,15,17,20H,4-6,9-12,14H2,1-3H3,(H,23,25)/t15-,17-,20-/m1/s1. The highest BCUT2D eigenvalue weighted by Gasteiger charge is 2.29. The number of ether oxygens (including phenoxy) is 2. The van der Waals surface area contributed by atoms with E-state index in [1.165, 1.54) is 16.4 Å². The summed E-state index contributed by atoms with van der Waals surface area (Å²) in [6.45, 7) is 6.85. The lowest BCUT2D eigenvalue weighted by molar-refractivity contribution is -0.125. The summed E-state index contributed by atoms with van der Waals surface area (Å²) in [7, 11) is -3.73. The van der Waals surface area contributed by atoms with Crippen molar-refractivity contribution < 1.29 is 27.5 Å². The van der Waals surface area contributed by atoms with E-state index in [2.05, 4.69) is 19.2 Å². The van der Waals surface area contributed by atoms with Crippen LogP contribution in [0.25, 0.3) is 0 Å². The van der Waals surface area contributed by atoms with E-state index in [1.54, 1.807) is 13.0 Å². The Balaban J connectivity index is 1.63. The molecule has 31 heavy (non-hydrogen) atoms. The van der Waals surface area contributed by atoms with Gasteiger partial charge in [-0.3, -0.25) is 4.79 Å². The van der Waals surface area contributed by atoms with E-state index >= 15 is 0 Å². The molecular weight excluding hydrogens is 420 g/mol. The van der Waals surface area contributed by atoms with Gasteiger partial charge in [-0.2, -0.15) is 4.31 Å². The first kappa shape index (κ1) is 23.7. The number of rotatable bonds is 6. The van der Waals surface area contributed by atoms with Crippen molar-refractivity contribution in [1.29, 1.82) is 0 Å². The summed E-state index contributed by atoms with van der Waals surface area (Å²) in [5.74, 6) is -0.135. The molecule has 0 aromatic heterocycles. The van der Waals surface area contributed by atoms with Crippen LogP contribution in [-0.4, -0.2) is 63.6 Å². The van der Waals surface area contributed by atoms with Crippen LogP contribution in [0.1, 0.15) is 49.0 Å². The van der Waals surface area contributed by atoms with E-state index in [0.717, 1.165) is 19.3 Å². The number of esters is 1. The molecule has 1 saturated heterocycles. The lowest BCUT2D eigenvalue weighted by Crippen LogP contribution is -2.45. The topological polar surface area (TPSA) is 102 Å². The van der Waals surface area contributed by atoms with Crippen molar-refractivity contribution in [2.75, 3.05) is 32.9 Å². The molecule has 172 valence electrons. The van der Waals surface area contributed by atoms with E-state index < -0.39 is 22.6 Å². The first-order valence-electron chi connectivity index (χ1n) is 10.8. The van der Waals surface area contributed by atoms with Gasteiger partial charge in [0.15, 0.2) is 6.61 Å². The average molecular weight is 453 g/mol. The Hall–Kier alpha value is -1.97. The third-order valence-corrected chi connectivity index (χ3v) is 8.32. The van der Waals surface area contributed by atoms with E-state index in [9.17, 15) is 18.0 Å². The van der Waals surface area contributed by atoms with Crippen molar-refractivity contribution in [1.82, 2.24) is 9.62 Å². The summed E-state index contributed by atoms with van der Waals surface area (Å²) in [6, 6.07) is 4.47. The van der Waals surface area contributed by atoms with Crippen molar-refractivity contribution in [3.8, 4) is 0 Å². The lowest BCUT2D eigenvalue weighted by atomic mass is 9.78. The predicted octanol–water partition coefficient (Wildman–Crippen LogP) is 2.11. The SMILES string of the molecule is Cc1ccc(S(=O)(=O)N2CCOCC2)cc1C(=O)OCC(=O)N[C@@H]1CCC[C@@H](C)[C@H]1C. The van der Waals surface area contributed by atoms with E-state index in [4.69, 9.17) is 9.47 Å². The molecule has 0 radical (unpaired) electrons. The van der Waals surface area contributed by atoms with Crippen molar-refractivity contribution >= 4 is 21.9 Å². The van der Waals surface area contributed by atoms with Crippen LogP contribution in [0.2, 0.25) is 0 Å². The van der Waals surface area contributed by atoms with Crippen LogP contribution in [0.15, 0.2) is 23.1 Å². The van der Waals surface area contributed by atoms with Gasteiger partial charge in [0.2, 0.25) is 10.0 Å². The third-order valence-electron chi connectivity index (χ3n) is 6.42. The quantitative estimate of drug-likeness (QED) is 0.664. The number of hydrogen-bond acceptors (Lipinski definition) is 6. The number of hydrogen-bond donors (Lipinski definition) is 1. The highest BCUT2D eigenvalue weighted by atomic mass is 32.2. The number of amides is 1. The molecule has 1 heterocycles. The zero-order valence-electron chi connectivity index (χ0n) is 18.4. The molecule has 1 aliphatic carbocycles.